The Kier molecular flexibility index (Phi) is 10.6. The van der Waals surface area contributed by atoms with Crippen molar-refractivity contribution in [3.63, 3.8) is 0 Å². The van der Waals surface area contributed by atoms with Gasteiger partial charge in [0.2, 0.25) is 21.8 Å². The number of halogens is 1. The molecule has 1 unspecified atom stereocenters. The van der Waals surface area contributed by atoms with Crippen LogP contribution in [0.1, 0.15) is 57.6 Å². The highest BCUT2D eigenvalue weighted by Crippen LogP contribution is 2.23. The predicted octanol–water partition coefficient (Wildman–Crippen LogP) is 4.56. The fourth-order valence-electron chi connectivity index (χ4n) is 3.71. The second kappa shape index (κ2) is 12.9. The first-order valence-electron chi connectivity index (χ1n) is 11.9. The van der Waals surface area contributed by atoms with Gasteiger partial charge in [-0.15, -0.1) is 0 Å². The molecule has 2 rings (SSSR count). The van der Waals surface area contributed by atoms with Crippen molar-refractivity contribution < 1.29 is 18.0 Å². The molecule has 0 aliphatic rings. The highest BCUT2D eigenvalue weighted by molar-refractivity contribution is 7.92. The van der Waals surface area contributed by atoms with E-state index in [0.29, 0.717) is 29.6 Å². The molecule has 0 aliphatic heterocycles. The van der Waals surface area contributed by atoms with Crippen LogP contribution < -0.4 is 9.62 Å². The third-order valence-electron chi connectivity index (χ3n) is 5.73. The van der Waals surface area contributed by atoms with E-state index >= 15 is 0 Å². The van der Waals surface area contributed by atoms with Gasteiger partial charge in [-0.2, -0.15) is 0 Å². The molecule has 0 aromatic heterocycles. The SMILES string of the molecule is CCCNC(=O)C(CC)N(Cc1ccc(Cl)cc1)C(=O)CN(c1ccc(C(C)C)cc1)S(C)(=O)=O. The van der Waals surface area contributed by atoms with E-state index in [1.54, 1.807) is 36.4 Å². The number of nitrogens with one attached hydrogen (secondary N) is 1. The summed E-state index contributed by atoms with van der Waals surface area (Å²) in [4.78, 5) is 28.0. The highest BCUT2D eigenvalue weighted by atomic mass is 35.5. The van der Waals surface area contributed by atoms with Gasteiger partial charge in [-0.1, -0.05) is 63.6 Å². The second-order valence-corrected chi connectivity index (χ2v) is 11.2. The van der Waals surface area contributed by atoms with E-state index in [-0.39, 0.29) is 12.5 Å². The summed E-state index contributed by atoms with van der Waals surface area (Å²) >= 11 is 6.01. The Morgan fingerprint density at radius 1 is 1.00 bits per heavy atom. The molecule has 0 saturated carbocycles. The first kappa shape index (κ1) is 28.7. The molecule has 2 aromatic rings. The largest absolute Gasteiger partial charge is 0.354 e. The van der Waals surface area contributed by atoms with Crippen LogP contribution in [0.25, 0.3) is 0 Å². The molecule has 1 N–H and O–H groups in total. The Balaban J connectivity index is 2.40. The molecule has 7 nitrogen and oxygen atoms in total. The molecule has 0 fully saturated rings. The van der Waals surface area contributed by atoms with Gasteiger partial charge in [0.1, 0.15) is 12.6 Å². The monoisotopic (exact) mass is 521 g/mol. The maximum absolute atomic E-state index is 13.6. The van der Waals surface area contributed by atoms with Crippen LogP contribution in [0, 0.1) is 0 Å². The van der Waals surface area contributed by atoms with Crippen LogP contribution in [-0.2, 0) is 26.2 Å². The third-order valence-corrected chi connectivity index (χ3v) is 7.12. The average Bonchev–Trinajstić information content (AvgIpc) is 2.81. The minimum absolute atomic E-state index is 0.151. The van der Waals surface area contributed by atoms with Gasteiger partial charge in [0.15, 0.2) is 0 Å². The molecule has 0 aliphatic carbocycles. The minimum atomic E-state index is -3.76. The summed E-state index contributed by atoms with van der Waals surface area (Å²) in [6, 6.07) is 13.4. The average molecular weight is 522 g/mol. The van der Waals surface area contributed by atoms with Gasteiger partial charge in [-0.25, -0.2) is 8.42 Å². The molecular weight excluding hydrogens is 486 g/mol. The zero-order chi connectivity index (χ0) is 26.2. The van der Waals surface area contributed by atoms with Gasteiger partial charge in [0.05, 0.1) is 11.9 Å². The summed E-state index contributed by atoms with van der Waals surface area (Å²) in [5.41, 5.74) is 2.26. The van der Waals surface area contributed by atoms with Crippen LogP contribution in [0.4, 0.5) is 5.69 Å². The number of amides is 2. The normalized spacial score (nSPS) is 12.3. The zero-order valence-corrected chi connectivity index (χ0v) is 22.7. The van der Waals surface area contributed by atoms with Crippen molar-refractivity contribution in [1.82, 2.24) is 10.2 Å². The van der Waals surface area contributed by atoms with Crippen molar-refractivity contribution in [2.75, 3.05) is 23.7 Å². The number of benzene rings is 2. The van der Waals surface area contributed by atoms with E-state index in [1.807, 2.05) is 26.0 Å². The summed E-state index contributed by atoms with van der Waals surface area (Å²) in [6.07, 6.45) is 2.23. The molecule has 1 atom stereocenters. The van der Waals surface area contributed by atoms with E-state index < -0.39 is 28.5 Å². The van der Waals surface area contributed by atoms with E-state index in [2.05, 4.69) is 19.2 Å². The standard InChI is InChI=1S/C26H36ClN3O4S/c1-6-16-28-26(32)24(7-2)29(17-20-8-12-22(27)13-9-20)25(31)18-30(35(5,33)34)23-14-10-21(11-15-23)19(3)4/h8-15,19,24H,6-7,16-18H2,1-5H3,(H,28,32). The smallest absolute Gasteiger partial charge is 0.244 e. The Morgan fingerprint density at radius 2 is 1.60 bits per heavy atom. The molecule has 2 aromatic carbocycles. The van der Waals surface area contributed by atoms with Crippen LogP contribution in [0.2, 0.25) is 5.02 Å². The van der Waals surface area contributed by atoms with E-state index in [4.69, 9.17) is 11.6 Å². The summed E-state index contributed by atoms with van der Waals surface area (Å²) in [5, 5.41) is 3.42. The first-order chi connectivity index (χ1) is 16.5. The Hall–Kier alpha value is -2.58. The number of anilines is 1. The van der Waals surface area contributed by atoms with Gasteiger partial charge < -0.3 is 10.2 Å². The Bertz CT molecular complexity index is 1090. The van der Waals surface area contributed by atoms with Crippen molar-refractivity contribution in [2.24, 2.45) is 0 Å². The fourth-order valence-corrected chi connectivity index (χ4v) is 4.69. The third kappa shape index (κ3) is 8.25. The maximum atomic E-state index is 13.6. The van der Waals surface area contributed by atoms with Crippen molar-refractivity contribution in [3.8, 4) is 0 Å². The lowest BCUT2D eigenvalue weighted by Gasteiger charge is -2.33. The molecule has 0 radical (unpaired) electrons. The number of carbonyl (C=O) groups is 2. The summed E-state index contributed by atoms with van der Waals surface area (Å²) < 4.78 is 26.4. The van der Waals surface area contributed by atoms with Crippen LogP contribution in [0.3, 0.4) is 0 Å². The Morgan fingerprint density at radius 3 is 2.09 bits per heavy atom. The van der Waals surface area contributed by atoms with Gasteiger partial charge in [-0.05, 0) is 54.2 Å². The molecule has 2 amide bonds. The fraction of sp³-hybridized carbons (Fsp3) is 0.462. The number of nitrogens with zero attached hydrogens (tertiary/aromatic N) is 2. The highest BCUT2D eigenvalue weighted by Gasteiger charge is 2.31. The van der Waals surface area contributed by atoms with Gasteiger partial charge in [0.25, 0.3) is 0 Å². The van der Waals surface area contributed by atoms with E-state index in [1.165, 1.54) is 4.90 Å². The quantitative estimate of drug-likeness (QED) is 0.443. The van der Waals surface area contributed by atoms with E-state index in [9.17, 15) is 18.0 Å². The molecule has 9 heteroatoms. The minimum Gasteiger partial charge on any atom is -0.354 e. The summed E-state index contributed by atoms with van der Waals surface area (Å²) in [6.45, 7) is 8.12. The predicted molar refractivity (Wildman–Crippen MR) is 142 cm³/mol. The van der Waals surface area contributed by atoms with Crippen molar-refractivity contribution >= 4 is 39.1 Å². The summed E-state index contributed by atoms with van der Waals surface area (Å²) in [5.74, 6) is -0.431. The van der Waals surface area contributed by atoms with Gasteiger partial charge >= 0.3 is 0 Å². The molecule has 192 valence electrons. The topological polar surface area (TPSA) is 86.8 Å². The van der Waals surface area contributed by atoms with Gasteiger partial charge in [-0.3, -0.25) is 13.9 Å². The molecule has 0 spiro atoms. The van der Waals surface area contributed by atoms with Crippen LogP contribution in [0.15, 0.2) is 48.5 Å². The molecular formula is C26H36ClN3O4S. The summed E-state index contributed by atoms with van der Waals surface area (Å²) in [7, 11) is -3.76. The number of rotatable bonds is 12. The molecule has 35 heavy (non-hydrogen) atoms. The molecule has 0 bridgehead atoms. The molecule has 0 heterocycles. The molecule has 0 saturated heterocycles. The van der Waals surface area contributed by atoms with Crippen LogP contribution in [-0.4, -0.2) is 50.5 Å². The maximum Gasteiger partial charge on any atom is 0.244 e. The van der Waals surface area contributed by atoms with Crippen LogP contribution >= 0.6 is 11.6 Å². The zero-order valence-electron chi connectivity index (χ0n) is 21.1. The lowest BCUT2D eigenvalue weighted by atomic mass is 10.0. The lowest BCUT2D eigenvalue weighted by molar-refractivity contribution is -0.140. The second-order valence-electron chi connectivity index (χ2n) is 8.88. The van der Waals surface area contributed by atoms with Crippen molar-refractivity contribution in [1.29, 1.82) is 0 Å². The van der Waals surface area contributed by atoms with Crippen molar-refractivity contribution in [3.05, 3.63) is 64.7 Å². The first-order valence-corrected chi connectivity index (χ1v) is 14.1. The van der Waals surface area contributed by atoms with Gasteiger partial charge in [0, 0.05) is 18.1 Å². The van der Waals surface area contributed by atoms with E-state index in [0.717, 1.165) is 28.1 Å². The number of carbonyl (C=O) groups excluding carboxylic acids is 2. The number of hydrogen-bond acceptors (Lipinski definition) is 4. The van der Waals surface area contributed by atoms with Crippen molar-refractivity contribution in [2.45, 2.75) is 59.0 Å². The number of hydrogen-bond donors (Lipinski definition) is 1. The lowest BCUT2D eigenvalue weighted by Crippen LogP contribution is -2.52. The van der Waals surface area contributed by atoms with Crippen LogP contribution in [0.5, 0.6) is 0 Å². The number of sulfonamides is 1. The Labute approximate surface area is 214 Å².